The van der Waals surface area contributed by atoms with Crippen LogP contribution < -0.4 is 5.73 Å². The minimum absolute atomic E-state index is 0.0484. The Kier molecular flexibility index (Phi) is 6.47. The zero-order valence-electron chi connectivity index (χ0n) is 22.6. The lowest BCUT2D eigenvalue weighted by atomic mass is 9.94. The van der Waals surface area contributed by atoms with Crippen LogP contribution in [0.1, 0.15) is 77.1 Å². The van der Waals surface area contributed by atoms with E-state index in [1.165, 1.54) is 25.3 Å². The van der Waals surface area contributed by atoms with Crippen molar-refractivity contribution in [2.45, 2.75) is 56.5 Å². The van der Waals surface area contributed by atoms with E-state index in [0.717, 1.165) is 29.1 Å². The van der Waals surface area contributed by atoms with E-state index < -0.39 is 5.54 Å². The van der Waals surface area contributed by atoms with Gasteiger partial charge in [0.2, 0.25) is 11.8 Å². The van der Waals surface area contributed by atoms with Gasteiger partial charge in [-0.3, -0.25) is 4.79 Å². The van der Waals surface area contributed by atoms with Crippen molar-refractivity contribution in [2.24, 2.45) is 5.73 Å². The molecule has 5 heterocycles. The van der Waals surface area contributed by atoms with Crippen molar-refractivity contribution in [3.05, 3.63) is 88.0 Å². The zero-order chi connectivity index (χ0) is 28.0. The normalized spacial score (nSPS) is 18.5. The average molecular weight is 568 g/mol. The van der Waals surface area contributed by atoms with Crippen LogP contribution in [0.5, 0.6) is 0 Å². The molecule has 208 valence electrons. The van der Waals surface area contributed by atoms with Crippen molar-refractivity contribution < 1.29 is 13.6 Å². The predicted molar refractivity (Wildman–Crippen MR) is 152 cm³/mol. The van der Waals surface area contributed by atoms with Gasteiger partial charge in [-0.2, -0.15) is 0 Å². The summed E-state index contributed by atoms with van der Waals surface area (Å²) in [5, 5.41) is 11.7. The third-order valence-corrected chi connectivity index (χ3v) is 8.57. The molecule has 1 saturated carbocycles. The SMILES string of the molecule is C[C@@](N)(Cc1ccccc1)c1nnc(-c2cc(C(=O)N3CCC[C@@H]3c3nc(C4CC4)cs3)cc(-c3ncco3)n2)o1. The molecule has 1 aliphatic carbocycles. The van der Waals surface area contributed by atoms with Crippen LogP contribution >= 0.6 is 11.3 Å². The van der Waals surface area contributed by atoms with E-state index in [9.17, 15) is 4.79 Å². The second-order valence-corrected chi connectivity index (χ2v) is 11.9. The molecule has 0 spiro atoms. The topological polar surface area (TPSA) is 137 Å². The van der Waals surface area contributed by atoms with Crippen LogP contribution in [0, 0.1) is 0 Å². The Balaban J connectivity index is 1.21. The lowest BCUT2D eigenvalue weighted by molar-refractivity contribution is 0.0735. The first-order chi connectivity index (χ1) is 19.9. The Morgan fingerprint density at radius 3 is 2.66 bits per heavy atom. The predicted octanol–water partition coefficient (Wildman–Crippen LogP) is 5.51. The molecule has 2 atom stereocenters. The number of nitrogens with two attached hydrogens (primary N) is 1. The van der Waals surface area contributed by atoms with Gasteiger partial charge in [0.05, 0.1) is 23.5 Å². The number of thiazole rings is 1. The highest BCUT2D eigenvalue weighted by molar-refractivity contribution is 7.09. The van der Waals surface area contributed by atoms with Crippen LogP contribution in [0.3, 0.4) is 0 Å². The number of amides is 1. The number of nitrogens with zero attached hydrogens (tertiary/aromatic N) is 6. The summed E-state index contributed by atoms with van der Waals surface area (Å²) in [5.41, 5.74) is 9.11. The molecule has 7 rings (SSSR count). The molecule has 11 heteroatoms. The molecule has 1 amide bonds. The molecule has 41 heavy (non-hydrogen) atoms. The first-order valence-electron chi connectivity index (χ1n) is 13.8. The molecule has 0 bridgehead atoms. The molecule has 2 aliphatic rings. The quantitative estimate of drug-likeness (QED) is 0.257. The number of aromatic nitrogens is 5. The van der Waals surface area contributed by atoms with E-state index in [4.69, 9.17) is 19.6 Å². The van der Waals surface area contributed by atoms with Crippen LogP contribution in [0.2, 0.25) is 0 Å². The molecular formula is C30H29N7O3S. The molecule has 2 N–H and O–H groups in total. The number of benzene rings is 1. The fourth-order valence-corrected chi connectivity index (χ4v) is 6.38. The Morgan fingerprint density at radius 2 is 1.90 bits per heavy atom. The van der Waals surface area contributed by atoms with E-state index >= 15 is 0 Å². The van der Waals surface area contributed by atoms with Crippen LogP contribution in [0.15, 0.2) is 69.1 Å². The molecule has 1 saturated heterocycles. The maximum absolute atomic E-state index is 14.0. The molecule has 10 nitrogen and oxygen atoms in total. The van der Waals surface area contributed by atoms with Crippen molar-refractivity contribution in [2.75, 3.05) is 6.54 Å². The summed E-state index contributed by atoms with van der Waals surface area (Å²) in [6, 6.07) is 13.2. The Bertz CT molecular complexity index is 1680. The molecule has 4 aromatic heterocycles. The number of rotatable bonds is 8. The fraction of sp³-hybridized carbons (Fsp3) is 0.333. The smallest absolute Gasteiger partial charge is 0.266 e. The summed E-state index contributed by atoms with van der Waals surface area (Å²) in [5.74, 6) is 1.21. The third kappa shape index (κ3) is 5.18. The molecule has 0 unspecified atom stereocenters. The largest absolute Gasteiger partial charge is 0.443 e. The lowest BCUT2D eigenvalue weighted by Gasteiger charge is -2.23. The summed E-state index contributed by atoms with van der Waals surface area (Å²) in [7, 11) is 0. The average Bonchev–Trinajstić information content (AvgIpc) is 3.51. The standard InChI is InChI=1S/C30H29N7O3S/c1-30(31,16-18-6-3-2-4-7-18)29-36-35-26(40-29)22-15-20(14-21(33-22)25-32-11-13-39-25)28(38)37-12-5-8-24(37)27-34-23(17-41-27)19-9-10-19/h2-4,6-7,11,13-15,17,19,24H,5,8-10,12,16,31H2,1H3/t24-,30-/m1/s1. The molecule has 1 aliphatic heterocycles. The fourth-order valence-electron chi connectivity index (χ4n) is 5.33. The van der Waals surface area contributed by atoms with Gasteiger partial charge in [-0.25, -0.2) is 15.0 Å². The lowest BCUT2D eigenvalue weighted by Crippen LogP contribution is -2.35. The monoisotopic (exact) mass is 567 g/mol. The van der Waals surface area contributed by atoms with Crippen molar-refractivity contribution in [1.82, 2.24) is 30.0 Å². The third-order valence-electron chi connectivity index (χ3n) is 7.60. The Morgan fingerprint density at radius 1 is 1.10 bits per heavy atom. The highest BCUT2D eigenvalue weighted by Crippen LogP contribution is 2.43. The summed E-state index contributed by atoms with van der Waals surface area (Å²) >= 11 is 1.65. The highest BCUT2D eigenvalue weighted by Gasteiger charge is 2.35. The highest BCUT2D eigenvalue weighted by atomic mass is 32.1. The van der Waals surface area contributed by atoms with Gasteiger partial charge in [0.15, 0.2) is 0 Å². The Hall–Kier alpha value is -4.22. The van der Waals surface area contributed by atoms with Gasteiger partial charge in [0.25, 0.3) is 11.8 Å². The first-order valence-corrected chi connectivity index (χ1v) is 14.7. The number of carbonyl (C=O) groups excluding carboxylic acids is 1. The second kappa shape index (κ2) is 10.3. The van der Waals surface area contributed by atoms with Crippen LogP contribution in [0.25, 0.3) is 23.2 Å². The van der Waals surface area contributed by atoms with E-state index in [-0.39, 0.29) is 23.7 Å². The van der Waals surface area contributed by atoms with Crippen molar-refractivity contribution in [3.8, 4) is 23.2 Å². The zero-order valence-corrected chi connectivity index (χ0v) is 23.4. The number of hydrogen-bond donors (Lipinski definition) is 1. The molecular weight excluding hydrogens is 538 g/mol. The van der Waals surface area contributed by atoms with Gasteiger partial charge in [-0.1, -0.05) is 30.3 Å². The van der Waals surface area contributed by atoms with Crippen LogP contribution in [-0.2, 0) is 12.0 Å². The molecule has 5 aromatic rings. The minimum atomic E-state index is -0.902. The first kappa shape index (κ1) is 25.7. The van der Waals surface area contributed by atoms with E-state index in [0.29, 0.717) is 41.7 Å². The summed E-state index contributed by atoms with van der Waals surface area (Å²) in [6.45, 7) is 2.51. The van der Waals surface area contributed by atoms with Crippen LogP contribution in [0.4, 0.5) is 0 Å². The van der Waals surface area contributed by atoms with Gasteiger partial charge >= 0.3 is 0 Å². The maximum atomic E-state index is 14.0. The van der Waals surface area contributed by atoms with Gasteiger partial charge in [-0.05, 0) is 56.7 Å². The van der Waals surface area contributed by atoms with E-state index in [2.05, 4.69) is 25.5 Å². The van der Waals surface area contributed by atoms with Gasteiger partial charge < -0.3 is 19.5 Å². The van der Waals surface area contributed by atoms with Gasteiger partial charge in [-0.15, -0.1) is 21.5 Å². The number of oxazole rings is 1. The maximum Gasteiger partial charge on any atom is 0.266 e. The molecule has 2 fully saturated rings. The number of hydrogen-bond acceptors (Lipinski definition) is 10. The number of pyridine rings is 1. The molecule has 1 aromatic carbocycles. The summed E-state index contributed by atoms with van der Waals surface area (Å²) in [6.07, 6.45) is 7.73. The van der Waals surface area contributed by atoms with Crippen molar-refractivity contribution >= 4 is 17.2 Å². The number of carbonyl (C=O) groups is 1. The number of likely N-dealkylation sites (tertiary alicyclic amines) is 1. The van der Waals surface area contributed by atoms with Gasteiger partial charge in [0, 0.05) is 23.4 Å². The van der Waals surface area contributed by atoms with Crippen molar-refractivity contribution in [3.63, 3.8) is 0 Å². The molecule has 0 radical (unpaired) electrons. The van der Waals surface area contributed by atoms with E-state index in [1.807, 2.05) is 42.2 Å². The summed E-state index contributed by atoms with van der Waals surface area (Å²) in [4.78, 5) is 29.7. The van der Waals surface area contributed by atoms with Gasteiger partial charge in [0.1, 0.15) is 22.7 Å². The van der Waals surface area contributed by atoms with Crippen LogP contribution in [-0.4, -0.2) is 42.5 Å². The summed E-state index contributed by atoms with van der Waals surface area (Å²) < 4.78 is 11.6. The minimum Gasteiger partial charge on any atom is -0.443 e. The van der Waals surface area contributed by atoms with E-state index in [1.54, 1.807) is 23.5 Å². The van der Waals surface area contributed by atoms with Crippen molar-refractivity contribution in [1.29, 1.82) is 0 Å². The Labute approximate surface area is 240 Å². The second-order valence-electron chi connectivity index (χ2n) is 11.0.